The highest BCUT2D eigenvalue weighted by atomic mass is 32.1. The first kappa shape index (κ1) is 17.3. The van der Waals surface area contributed by atoms with Crippen LogP contribution in [-0.2, 0) is 11.3 Å². The summed E-state index contributed by atoms with van der Waals surface area (Å²) in [5.74, 6) is -0.288. The Balaban J connectivity index is 2.06. The van der Waals surface area contributed by atoms with Gasteiger partial charge in [0.1, 0.15) is 6.04 Å². The number of amides is 2. The summed E-state index contributed by atoms with van der Waals surface area (Å²) in [4.78, 5) is 27.7. The molecule has 0 aromatic carbocycles. The molecule has 0 aliphatic rings. The zero-order valence-electron chi connectivity index (χ0n) is 13.8. The number of carbonyl (C=O) groups excluding carboxylic acids is 2. The highest BCUT2D eigenvalue weighted by Crippen LogP contribution is 2.18. The van der Waals surface area contributed by atoms with E-state index in [1.807, 2.05) is 32.2 Å². The lowest BCUT2D eigenvalue weighted by Crippen LogP contribution is -2.49. The van der Waals surface area contributed by atoms with Crippen molar-refractivity contribution in [1.29, 1.82) is 0 Å². The zero-order chi connectivity index (χ0) is 17.0. The third kappa shape index (κ3) is 4.22. The van der Waals surface area contributed by atoms with Gasteiger partial charge in [0.05, 0.1) is 12.8 Å². The Hall–Kier alpha value is -2.08. The molecule has 0 spiro atoms. The number of aryl methyl sites for hydroxylation is 1. The minimum absolute atomic E-state index is 0.0201. The molecule has 0 radical (unpaired) electrons. The molecule has 2 amide bonds. The van der Waals surface area contributed by atoms with E-state index in [0.29, 0.717) is 6.54 Å². The standard InChI is InChI=1S/C17H22N2O3S/c1-11(2)15(18-16(20)13-6-5-8-22-13)17(21)19(4)10-14-12(3)7-9-23-14/h5-9,11,15H,10H2,1-4H3,(H,18,20). The van der Waals surface area contributed by atoms with Crippen molar-refractivity contribution in [3.8, 4) is 0 Å². The summed E-state index contributed by atoms with van der Waals surface area (Å²) in [7, 11) is 1.76. The number of thiophene rings is 1. The zero-order valence-corrected chi connectivity index (χ0v) is 14.6. The van der Waals surface area contributed by atoms with Crippen LogP contribution < -0.4 is 5.32 Å². The van der Waals surface area contributed by atoms with E-state index >= 15 is 0 Å². The molecular weight excluding hydrogens is 312 g/mol. The van der Waals surface area contributed by atoms with Gasteiger partial charge in [0, 0.05) is 11.9 Å². The van der Waals surface area contributed by atoms with Gasteiger partial charge >= 0.3 is 0 Å². The van der Waals surface area contributed by atoms with Crippen molar-refractivity contribution < 1.29 is 14.0 Å². The second kappa shape index (κ2) is 7.46. The summed E-state index contributed by atoms with van der Waals surface area (Å²) < 4.78 is 5.08. The Morgan fingerprint density at radius 1 is 1.35 bits per heavy atom. The molecule has 1 atom stereocenters. The van der Waals surface area contributed by atoms with Crippen molar-refractivity contribution in [2.24, 2.45) is 5.92 Å². The van der Waals surface area contributed by atoms with Crippen LogP contribution in [0.1, 0.15) is 34.8 Å². The summed E-state index contributed by atoms with van der Waals surface area (Å²) in [5, 5.41) is 4.79. The topological polar surface area (TPSA) is 62.6 Å². The van der Waals surface area contributed by atoms with E-state index in [0.717, 1.165) is 4.88 Å². The predicted molar refractivity (Wildman–Crippen MR) is 90.3 cm³/mol. The Morgan fingerprint density at radius 2 is 2.09 bits per heavy atom. The van der Waals surface area contributed by atoms with Gasteiger partial charge in [-0.15, -0.1) is 11.3 Å². The molecule has 0 aliphatic heterocycles. The lowest BCUT2D eigenvalue weighted by Gasteiger charge is -2.26. The number of hydrogen-bond donors (Lipinski definition) is 1. The predicted octanol–water partition coefficient (Wildman–Crippen LogP) is 3.06. The number of nitrogens with one attached hydrogen (secondary N) is 1. The molecule has 0 fully saturated rings. The Labute approximate surface area is 140 Å². The van der Waals surface area contributed by atoms with E-state index in [-0.39, 0.29) is 23.5 Å². The number of carbonyl (C=O) groups is 2. The minimum atomic E-state index is -0.585. The van der Waals surface area contributed by atoms with E-state index in [2.05, 4.69) is 5.32 Å². The quantitative estimate of drug-likeness (QED) is 0.883. The van der Waals surface area contributed by atoms with E-state index in [9.17, 15) is 9.59 Å². The number of rotatable bonds is 6. The van der Waals surface area contributed by atoms with Crippen molar-refractivity contribution in [3.05, 3.63) is 46.0 Å². The van der Waals surface area contributed by atoms with Crippen LogP contribution in [0, 0.1) is 12.8 Å². The third-order valence-corrected chi connectivity index (χ3v) is 4.70. The molecule has 0 saturated carbocycles. The molecule has 0 bridgehead atoms. The summed E-state index contributed by atoms with van der Waals surface area (Å²) in [6.07, 6.45) is 1.44. The molecule has 2 aromatic rings. The fourth-order valence-electron chi connectivity index (χ4n) is 2.23. The SMILES string of the molecule is Cc1ccsc1CN(C)C(=O)C(NC(=O)c1ccco1)C(C)C. The smallest absolute Gasteiger partial charge is 0.287 e. The van der Waals surface area contributed by atoms with Crippen molar-refractivity contribution in [2.45, 2.75) is 33.4 Å². The molecule has 1 unspecified atom stereocenters. The van der Waals surface area contributed by atoms with E-state index in [1.54, 1.807) is 35.4 Å². The van der Waals surface area contributed by atoms with Gasteiger partial charge in [-0.1, -0.05) is 13.8 Å². The van der Waals surface area contributed by atoms with E-state index in [4.69, 9.17) is 4.42 Å². The van der Waals surface area contributed by atoms with Crippen LogP contribution in [0.3, 0.4) is 0 Å². The van der Waals surface area contributed by atoms with Crippen molar-refractivity contribution in [2.75, 3.05) is 7.05 Å². The van der Waals surface area contributed by atoms with Gasteiger partial charge in [0.25, 0.3) is 5.91 Å². The molecule has 1 N–H and O–H groups in total. The summed E-state index contributed by atoms with van der Waals surface area (Å²) in [6, 6.07) is 4.68. The van der Waals surface area contributed by atoms with Gasteiger partial charge in [0.2, 0.25) is 5.91 Å². The Kier molecular flexibility index (Phi) is 5.60. The van der Waals surface area contributed by atoms with E-state index < -0.39 is 6.04 Å². The van der Waals surface area contributed by atoms with Gasteiger partial charge in [-0.2, -0.15) is 0 Å². The van der Waals surface area contributed by atoms with E-state index in [1.165, 1.54) is 11.8 Å². The highest BCUT2D eigenvalue weighted by Gasteiger charge is 2.28. The van der Waals surface area contributed by atoms with Crippen LogP contribution >= 0.6 is 11.3 Å². The average molecular weight is 334 g/mol. The Morgan fingerprint density at radius 3 is 2.61 bits per heavy atom. The fourth-order valence-corrected chi connectivity index (χ4v) is 3.19. The minimum Gasteiger partial charge on any atom is -0.459 e. The lowest BCUT2D eigenvalue weighted by atomic mass is 10.0. The Bertz CT molecular complexity index is 661. The number of furan rings is 1. The monoisotopic (exact) mass is 334 g/mol. The van der Waals surface area contributed by atoms with Crippen molar-refractivity contribution in [1.82, 2.24) is 10.2 Å². The maximum absolute atomic E-state index is 12.7. The summed E-state index contributed by atoms with van der Waals surface area (Å²) in [5.41, 5.74) is 1.18. The van der Waals surface area contributed by atoms with Crippen LogP contribution in [0.15, 0.2) is 34.3 Å². The van der Waals surface area contributed by atoms with Crippen LogP contribution in [0.5, 0.6) is 0 Å². The van der Waals surface area contributed by atoms with Crippen molar-refractivity contribution in [3.63, 3.8) is 0 Å². The maximum Gasteiger partial charge on any atom is 0.287 e. The molecule has 2 heterocycles. The largest absolute Gasteiger partial charge is 0.459 e. The number of likely N-dealkylation sites (N-methyl/N-ethyl adjacent to an activating group) is 1. The van der Waals surface area contributed by atoms with Gasteiger partial charge < -0.3 is 14.6 Å². The molecule has 6 heteroatoms. The molecular formula is C17H22N2O3S. The molecule has 23 heavy (non-hydrogen) atoms. The molecule has 2 rings (SSSR count). The normalized spacial score (nSPS) is 12.2. The van der Waals surface area contributed by atoms with Crippen molar-refractivity contribution >= 4 is 23.2 Å². The molecule has 5 nitrogen and oxygen atoms in total. The average Bonchev–Trinajstić information content (AvgIpc) is 3.16. The second-order valence-electron chi connectivity index (χ2n) is 5.89. The highest BCUT2D eigenvalue weighted by molar-refractivity contribution is 7.10. The molecule has 0 aliphatic carbocycles. The molecule has 124 valence electrons. The third-order valence-electron chi connectivity index (χ3n) is 3.69. The first-order valence-corrected chi connectivity index (χ1v) is 8.40. The van der Waals surface area contributed by atoms with Crippen LogP contribution in [0.25, 0.3) is 0 Å². The lowest BCUT2D eigenvalue weighted by molar-refractivity contribution is -0.133. The van der Waals surface area contributed by atoms with Gasteiger partial charge in [-0.05, 0) is 42.0 Å². The van der Waals surface area contributed by atoms with Gasteiger partial charge in [0.15, 0.2) is 5.76 Å². The first-order valence-electron chi connectivity index (χ1n) is 7.52. The summed E-state index contributed by atoms with van der Waals surface area (Å²) in [6.45, 7) is 6.40. The number of hydrogen-bond acceptors (Lipinski definition) is 4. The van der Waals surface area contributed by atoms with Crippen LogP contribution in [0.4, 0.5) is 0 Å². The van der Waals surface area contributed by atoms with Gasteiger partial charge in [-0.3, -0.25) is 9.59 Å². The second-order valence-corrected chi connectivity index (χ2v) is 6.89. The molecule has 2 aromatic heterocycles. The summed E-state index contributed by atoms with van der Waals surface area (Å²) >= 11 is 1.63. The van der Waals surface area contributed by atoms with Crippen LogP contribution in [-0.4, -0.2) is 29.8 Å². The molecule has 0 saturated heterocycles. The number of nitrogens with zero attached hydrogens (tertiary/aromatic N) is 1. The van der Waals surface area contributed by atoms with Crippen LogP contribution in [0.2, 0.25) is 0 Å². The maximum atomic E-state index is 12.7. The first-order chi connectivity index (χ1) is 10.9. The van der Waals surface area contributed by atoms with Gasteiger partial charge in [-0.25, -0.2) is 0 Å². The fraction of sp³-hybridized carbons (Fsp3) is 0.412.